The van der Waals surface area contributed by atoms with Gasteiger partial charge in [0.1, 0.15) is 5.38 Å². The Morgan fingerprint density at radius 1 is 1.70 bits per heavy atom. The van der Waals surface area contributed by atoms with Crippen molar-refractivity contribution >= 4 is 17.5 Å². The fourth-order valence-corrected chi connectivity index (χ4v) is 1.01. The number of hydrogen-bond acceptors (Lipinski definition) is 1. The molecule has 0 aliphatic heterocycles. The van der Waals surface area contributed by atoms with Gasteiger partial charge in [-0.2, -0.15) is 0 Å². The fourth-order valence-electron chi connectivity index (χ4n) is 0.882. The maximum atomic E-state index is 10.5. The van der Waals surface area contributed by atoms with Crippen molar-refractivity contribution in [3.05, 3.63) is 0 Å². The maximum absolute atomic E-state index is 10.5. The van der Waals surface area contributed by atoms with Crippen LogP contribution in [0.5, 0.6) is 0 Å². The van der Waals surface area contributed by atoms with Crippen LogP contribution in [-0.2, 0) is 4.79 Å². The quantitative estimate of drug-likeness (QED) is 0.628. The summed E-state index contributed by atoms with van der Waals surface area (Å²) in [5.41, 5.74) is 5.00. The van der Waals surface area contributed by atoms with Gasteiger partial charge < -0.3 is 5.73 Å². The highest BCUT2D eigenvalue weighted by molar-refractivity contribution is 6.30. The summed E-state index contributed by atoms with van der Waals surface area (Å²) in [6.07, 6.45) is 1.99. The second-order valence-corrected chi connectivity index (χ2v) is 3.04. The van der Waals surface area contributed by atoms with Crippen LogP contribution in [0.2, 0.25) is 0 Å². The Kier molecular flexibility index (Phi) is 4.45. The molecule has 0 aliphatic carbocycles. The first-order valence-corrected chi connectivity index (χ1v) is 3.96. The van der Waals surface area contributed by atoms with Crippen molar-refractivity contribution in [2.24, 2.45) is 11.7 Å². The Balaban J connectivity index is 3.69. The SMILES string of the molecule is CCCC(C)C(Cl)C(N)=O. The van der Waals surface area contributed by atoms with Gasteiger partial charge in [0.2, 0.25) is 5.91 Å². The lowest BCUT2D eigenvalue weighted by atomic mass is 10.0. The van der Waals surface area contributed by atoms with Gasteiger partial charge in [-0.05, 0) is 12.3 Å². The molecular weight excluding hydrogens is 150 g/mol. The highest BCUT2D eigenvalue weighted by Crippen LogP contribution is 2.15. The van der Waals surface area contributed by atoms with Gasteiger partial charge in [0.15, 0.2) is 0 Å². The van der Waals surface area contributed by atoms with E-state index >= 15 is 0 Å². The first kappa shape index (κ1) is 9.76. The van der Waals surface area contributed by atoms with Gasteiger partial charge >= 0.3 is 0 Å². The Morgan fingerprint density at radius 2 is 2.20 bits per heavy atom. The summed E-state index contributed by atoms with van der Waals surface area (Å²) < 4.78 is 0. The maximum Gasteiger partial charge on any atom is 0.235 e. The third-order valence-electron chi connectivity index (χ3n) is 1.52. The monoisotopic (exact) mass is 163 g/mol. The minimum atomic E-state index is -0.500. The van der Waals surface area contributed by atoms with Crippen molar-refractivity contribution in [1.82, 2.24) is 0 Å². The van der Waals surface area contributed by atoms with E-state index in [2.05, 4.69) is 6.92 Å². The first-order chi connectivity index (χ1) is 4.59. The molecule has 60 valence electrons. The molecule has 3 heteroatoms. The lowest BCUT2D eigenvalue weighted by molar-refractivity contribution is -0.118. The Hall–Kier alpha value is -0.240. The lowest BCUT2D eigenvalue weighted by Crippen LogP contribution is -2.29. The molecule has 0 radical (unpaired) electrons. The Morgan fingerprint density at radius 3 is 2.50 bits per heavy atom. The molecule has 0 heterocycles. The zero-order valence-electron chi connectivity index (χ0n) is 6.43. The van der Waals surface area contributed by atoms with Crippen molar-refractivity contribution in [2.45, 2.75) is 32.1 Å². The van der Waals surface area contributed by atoms with Crippen molar-refractivity contribution < 1.29 is 4.79 Å². The van der Waals surface area contributed by atoms with Crippen molar-refractivity contribution in [3.63, 3.8) is 0 Å². The summed E-state index contributed by atoms with van der Waals surface area (Å²) >= 11 is 5.67. The van der Waals surface area contributed by atoms with E-state index in [0.717, 1.165) is 12.8 Å². The van der Waals surface area contributed by atoms with Crippen LogP contribution >= 0.6 is 11.6 Å². The zero-order chi connectivity index (χ0) is 8.15. The molecular formula is C7H14ClNO. The number of rotatable bonds is 4. The van der Waals surface area contributed by atoms with Crippen LogP contribution < -0.4 is 5.73 Å². The van der Waals surface area contributed by atoms with Crippen LogP contribution in [0.25, 0.3) is 0 Å². The molecule has 0 spiro atoms. The molecule has 2 nitrogen and oxygen atoms in total. The van der Waals surface area contributed by atoms with Crippen molar-refractivity contribution in [2.75, 3.05) is 0 Å². The zero-order valence-corrected chi connectivity index (χ0v) is 7.19. The van der Waals surface area contributed by atoms with E-state index in [9.17, 15) is 4.79 Å². The summed E-state index contributed by atoms with van der Waals surface area (Å²) in [6.45, 7) is 3.99. The summed E-state index contributed by atoms with van der Waals surface area (Å²) in [5.74, 6) is -0.216. The lowest BCUT2D eigenvalue weighted by Gasteiger charge is -2.12. The fraction of sp³-hybridized carbons (Fsp3) is 0.857. The second kappa shape index (κ2) is 4.56. The summed E-state index contributed by atoms with van der Waals surface area (Å²) in [6, 6.07) is 0. The third-order valence-corrected chi connectivity index (χ3v) is 2.16. The minimum absolute atomic E-state index is 0.198. The largest absolute Gasteiger partial charge is 0.368 e. The number of alkyl halides is 1. The van der Waals surface area contributed by atoms with Gasteiger partial charge in [-0.15, -0.1) is 11.6 Å². The highest BCUT2D eigenvalue weighted by Gasteiger charge is 2.18. The van der Waals surface area contributed by atoms with Gasteiger partial charge in [-0.25, -0.2) is 0 Å². The van der Waals surface area contributed by atoms with Gasteiger partial charge in [-0.3, -0.25) is 4.79 Å². The van der Waals surface area contributed by atoms with Crippen LogP contribution in [0.3, 0.4) is 0 Å². The summed E-state index contributed by atoms with van der Waals surface area (Å²) in [7, 11) is 0. The Bertz CT molecular complexity index is 116. The number of halogens is 1. The van der Waals surface area contributed by atoms with Crippen molar-refractivity contribution in [1.29, 1.82) is 0 Å². The smallest absolute Gasteiger partial charge is 0.235 e. The second-order valence-electron chi connectivity index (χ2n) is 2.57. The average molecular weight is 164 g/mol. The Labute approximate surface area is 66.7 Å². The molecule has 0 rings (SSSR count). The van der Waals surface area contributed by atoms with Crippen LogP contribution in [0.4, 0.5) is 0 Å². The molecule has 0 aromatic rings. The molecule has 0 saturated carbocycles. The molecule has 2 unspecified atom stereocenters. The molecule has 10 heavy (non-hydrogen) atoms. The van der Waals surface area contributed by atoms with E-state index in [1.54, 1.807) is 0 Å². The molecule has 2 atom stereocenters. The third kappa shape index (κ3) is 3.06. The normalized spacial score (nSPS) is 16.3. The van der Waals surface area contributed by atoms with E-state index in [1.165, 1.54) is 0 Å². The predicted octanol–water partition coefficient (Wildman–Crippen LogP) is 1.52. The van der Waals surface area contributed by atoms with Gasteiger partial charge in [0.05, 0.1) is 0 Å². The number of carbonyl (C=O) groups excluding carboxylic acids is 1. The molecule has 0 saturated heterocycles. The van der Waals surface area contributed by atoms with E-state index in [4.69, 9.17) is 17.3 Å². The van der Waals surface area contributed by atoms with E-state index < -0.39 is 11.3 Å². The molecule has 1 amide bonds. The van der Waals surface area contributed by atoms with Crippen LogP contribution in [0, 0.1) is 5.92 Å². The topological polar surface area (TPSA) is 43.1 Å². The molecule has 2 N–H and O–H groups in total. The van der Waals surface area contributed by atoms with Crippen LogP contribution in [0.1, 0.15) is 26.7 Å². The molecule has 0 aromatic carbocycles. The summed E-state index contributed by atoms with van der Waals surface area (Å²) in [5, 5.41) is -0.500. The predicted molar refractivity (Wildman–Crippen MR) is 42.9 cm³/mol. The van der Waals surface area contributed by atoms with E-state index in [-0.39, 0.29) is 5.92 Å². The molecule has 0 aliphatic rings. The van der Waals surface area contributed by atoms with Gasteiger partial charge in [-0.1, -0.05) is 20.3 Å². The number of hydrogen-bond donors (Lipinski definition) is 1. The minimum Gasteiger partial charge on any atom is -0.368 e. The van der Waals surface area contributed by atoms with E-state index in [1.807, 2.05) is 6.92 Å². The number of amides is 1. The highest BCUT2D eigenvalue weighted by atomic mass is 35.5. The van der Waals surface area contributed by atoms with E-state index in [0.29, 0.717) is 0 Å². The molecule has 0 aromatic heterocycles. The number of carbonyl (C=O) groups is 1. The number of nitrogens with two attached hydrogens (primary N) is 1. The number of primary amides is 1. The van der Waals surface area contributed by atoms with Crippen LogP contribution in [0.15, 0.2) is 0 Å². The molecule has 0 fully saturated rings. The first-order valence-electron chi connectivity index (χ1n) is 3.53. The standard InChI is InChI=1S/C7H14ClNO/c1-3-4-5(2)6(8)7(9)10/h5-6H,3-4H2,1-2H3,(H2,9,10). The summed E-state index contributed by atoms with van der Waals surface area (Å²) in [4.78, 5) is 10.5. The molecule has 0 bridgehead atoms. The van der Waals surface area contributed by atoms with Crippen molar-refractivity contribution in [3.8, 4) is 0 Å². The average Bonchev–Trinajstić information content (AvgIpc) is 1.87. The van der Waals surface area contributed by atoms with Gasteiger partial charge in [0, 0.05) is 0 Å². The van der Waals surface area contributed by atoms with Crippen LogP contribution in [-0.4, -0.2) is 11.3 Å². The van der Waals surface area contributed by atoms with Gasteiger partial charge in [0.25, 0.3) is 0 Å².